The fraction of sp³-hybridized carbons (Fsp3) is 0.727. The second-order valence-electron chi connectivity index (χ2n) is 3.65. The number of unbranched alkanes of at least 4 members (excludes halogenated alkanes) is 1. The number of amides is 1. The van der Waals surface area contributed by atoms with Gasteiger partial charge in [0.15, 0.2) is 0 Å². The zero-order valence-electron chi connectivity index (χ0n) is 8.51. The fourth-order valence-electron chi connectivity index (χ4n) is 1.62. The van der Waals surface area contributed by atoms with Crippen LogP contribution in [0.4, 0.5) is 0 Å². The van der Waals surface area contributed by atoms with Gasteiger partial charge in [-0.2, -0.15) is 0 Å². The Morgan fingerprint density at radius 2 is 2.21 bits per heavy atom. The molecule has 0 radical (unpaired) electrons. The van der Waals surface area contributed by atoms with Crippen LogP contribution in [0.25, 0.3) is 0 Å². The Hall–Kier alpha value is -1.01. The summed E-state index contributed by atoms with van der Waals surface area (Å²) >= 11 is 0. The van der Waals surface area contributed by atoms with E-state index in [0.717, 1.165) is 32.4 Å². The average Bonchev–Trinajstić information content (AvgIpc) is 2.20. The van der Waals surface area contributed by atoms with Crippen LogP contribution >= 0.6 is 0 Å². The van der Waals surface area contributed by atoms with E-state index in [0.29, 0.717) is 18.9 Å². The van der Waals surface area contributed by atoms with Gasteiger partial charge in [-0.25, -0.2) is 0 Å². The topological polar surface area (TPSA) is 41.1 Å². The quantitative estimate of drug-likeness (QED) is 0.510. The van der Waals surface area contributed by atoms with E-state index in [-0.39, 0.29) is 5.91 Å². The number of piperidine rings is 1. The molecule has 0 aliphatic carbocycles. The second-order valence-corrected chi connectivity index (χ2v) is 3.65. The SMILES string of the molecule is C#CCCCC(=O)NC1CCNCC1. The van der Waals surface area contributed by atoms with E-state index in [4.69, 9.17) is 6.42 Å². The molecule has 1 rings (SSSR count). The number of carbonyl (C=O) groups is 1. The molecule has 0 aromatic carbocycles. The number of nitrogens with one attached hydrogen (secondary N) is 2. The summed E-state index contributed by atoms with van der Waals surface area (Å²) in [5.74, 6) is 2.68. The van der Waals surface area contributed by atoms with Crippen molar-refractivity contribution < 1.29 is 4.79 Å². The van der Waals surface area contributed by atoms with Crippen molar-refractivity contribution in [3.05, 3.63) is 0 Å². The molecule has 0 bridgehead atoms. The van der Waals surface area contributed by atoms with Gasteiger partial charge in [0, 0.05) is 18.9 Å². The summed E-state index contributed by atoms with van der Waals surface area (Å²) in [4.78, 5) is 11.4. The van der Waals surface area contributed by atoms with Crippen LogP contribution in [-0.2, 0) is 4.79 Å². The van der Waals surface area contributed by atoms with Gasteiger partial charge in [-0.05, 0) is 32.4 Å². The van der Waals surface area contributed by atoms with Crippen molar-refractivity contribution in [2.45, 2.75) is 38.1 Å². The van der Waals surface area contributed by atoms with Crippen LogP contribution in [0, 0.1) is 12.3 Å². The Labute approximate surface area is 85.6 Å². The van der Waals surface area contributed by atoms with Crippen LogP contribution in [-0.4, -0.2) is 25.0 Å². The van der Waals surface area contributed by atoms with E-state index >= 15 is 0 Å². The van der Waals surface area contributed by atoms with Gasteiger partial charge in [-0.15, -0.1) is 12.3 Å². The highest BCUT2D eigenvalue weighted by Crippen LogP contribution is 2.03. The molecule has 3 heteroatoms. The Kier molecular flexibility index (Phi) is 5.09. The molecule has 0 aromatic heterocycles. The van der Waals surface area contributed by atoms with Gasteiger partial charge in [-0.3, -0.25) is 4.79 Å². The highest BCUT2D eigenvalue weighted by Gasteiger charge is 2.14. The van der Waals surface area contributed by atoms with E-state index in [1.165, 1.54) is 0 Å². The molecule has 1 heterocycles. The molecule has 1 saturated heterocycles. The standard InChI is InChI=1S/C11H18N2O/c1-2-3-4-5-11(14)13-10-6-8-12-9-7-10/h1,10,12H,3-9H2,(H,13,14). The third kappa shape index (κ3) is 4.29. The van der Waals surface area contributed by atoms with Crippen molar-refractivity contribution in [1.82, 2.24) is 10.6 Å². The first-order chi connectivity index (χ1) is 6.83. The molecule has 2 N–H and O–H groups in total. The minimum Gasteiger partial charge on any atom is -0.353 e. The van der Waals surface area contributed by atoms with E-state index in [2.05, 4.69) is 16.6 Å². The molecule has 14 heavy (non-hydrogen) atoms. The summed E-state index contributed by atoms with van der Waals surface area (Å²) in [6, 6.07) is 0.370. The molecule has 0 unspecified atom stereocenters. The molecule has 0 saturated carbocycles. The van der Waals surface area contributed by atoms with E-state index < -0.39 is 0 Å². The number of carbonyl (C=O) groups excluding carboxylic acids is 1. The maximum Gasteiger partial charge on any atom is 0.220 e. The summed E-state index contributed by atoms with van der Waals surface area (Å²) in [5.41, 5.74) is 0. The Balaban J connectivity index is 2.10. The first-order valence-electron chi connectivity index (χ1n) is 5.26. The lowest BCUT2D eigenvalue weighted by Crippen LogP contribution is -2.42. The van der Waals surface area contributed by atoms with Gasteiger partial charge in [0.2, 0.25) is 5.91 Å². The predicted octanol–water partition coefficient (Wildman–Crippen LogP) is 0.658. The summed E-state index contributed by atoms with van der Waals surface area (Å²) in [6.07, 6.45) is 9.25. The fourth-order valence-corrected chi connectivity index (χ4v) is 1.62. The largest absolute Gasteiger partial charge is 0.353 e. The predicted molar refractivity (Wildman–Crippen MR) is 56.7 cm³/mol. The van der Waals surface area contributed by atoms with Gasteiger partial charge < -0.3 is 10.6 Å². The number of hydrogen-bond donors (Lipinski definition) is 2. The molecule has 0 atom stereocenters. The third-order valence-electron chi connectivity index (χ3n) is 2.43. The summed E-state index contributed by atoms with van der Waals surface area (Å²) in [7, 11) is 0. The lowest BCUT2D eigenvalue weighted by molar-refractivity contribution is -0.122. The van der Waals surface area contributed by atoms with Crippen molar-refractivity contribution in [2.75, 3.05) is 13.1 Å². The third-order valence-corrected chi connectivity index (χ3v) is 2.43. The molecule has 1 fully saturated rings. The molecule has 78 valence electrons. The van der Waals surface area contributed by atoms with Crippen molar-refractivity contribution in [3.63, 3.8) is 0 Å². The van der Waals surface area contributed by atoms with Crippen LogP contribution in [0.1, 0.15) is 32.1 Å². The Morgan fingerprint density at radius 3 is 2.86 bits per heavy atom. The van der Waals surface area contributed by atoms with E-state index in [9.17, 15) is 4.79 Å². The Bertz CT molecular complexity index is 214. The normalized spacial score (nSPS) is 17.4. The minimum atomic E-state index is 0.146. The zero-order valence-corrected chi connectivity index (χ0v) is 8.51. The molecule has 1 aliphatic heterocycles. The first-order valence-corrected chi connectivity index (χ1v) is 5.26. The molecule has 0 aromatic rings. The van der Waals surface area contributed by atoms with E-state index in [1.54, 1.807) is 0 Å². The first kappa shape index (κ1) is 11.1. The van der Waals surface area contributed by atoms with Gasteiger partial charge in [0.25, 0.3) is 0 Å². The zero-order chi connectivity index (χ0) is 10.2. The highest BCUT2D eigenvalue weighted by molar-refractivity contribution is 5.76. The summed E-state index contributed by atoms with van der Waals surface area (Å²) in [5, 5.41) is 6.29. The van der Waals surface area contributed by atoms with Gasteiger partial charge in [0.05, 0.1) is 0 Å². The van der Waals surface area contributed by atoms with Gasteiger partial charge in [0.1, 0.15) is 0 Å². The van der Waals surface area contributed by atoms with Crippen molar-refractivity contribution >= 4 is 5.91 Å². The summed E-state index contributed by atoms with van der Waals surface area (Å²) < 4.78 is 0. The molecule has 0 spiro atoms. The molecular weight excluding hydrogens is 176 g/mol. The molecular formula is C11H18N2O. The van der Waals surface area contributed by atoms with Gasteiger partial charge in [-0.1, -0.05) is 0 Å². The smallest absolute Gasteiger partial charge is 0.220 e. The van der Waals surface area contributed by atoms with Crippen molar-refractivity contribution in [3.8, 4) is 12.3 Å². The number of terminal acetylenes is 1. The maximum absolute atomic E-state index is 11.4. The van der Waals surface area contributed by atoms with Crippen LogP contribution in [0.3, 0.4) is 0 Å². The monoisotopic (exact) mass is 194 g/mol. The molecule has 1 amide bonds. The molecule has 1 aliphatic rings. The maximum atomic E-state index is 11.4. The van der Waals surface area contributed by atoms with Crippen LogP contribution in [0.2, 0.25) is 0 Å². The average molecular weight is 194 g/mol. The lowest BCUT2D eigenvalue weighted by atomic mass is 10.1. The highest BCUT2D eigenvalue weighted by atomic mass is 16.1. The Morgan fingerprint density at radius 1 is 1.50 bits per heavy atom. The van der Waals surface area contributed by atoms with Crippen LogP contribution < -0.4 is 10.6 Å². The second kappa shape index (κ2) is 6.44. The number of rotatable bonds is 4. The van der Waals surface area contributed by atoms with Crippen molar-refractivity contribution in [2.24, 2.45) is 0 Å². The van der Waals surface area contributed by atoms with E-state index in [1.807, 2.05) is 0 Å². The van der Waals surface area contributed by atoms with Crippen molar-refractivity contribution in [1.29, 1.82) is 0 Å². The minimum absolute atomic E-state index is 0.146. The van der Waals surface area contributed by atoms with Gasteiger partial charge >= 0.3 is 0 Å². The lowest BCUT2D eigenvalue weighted by Gasteiger charge is -2.23. The number of hydrogen-bond acceptors (Lipinski definition) is 2. The van der Waals surface area contributed by atoms with Crippen LogP contribution in [0.5, 0.6) is 0 Å². The summed E-state index contributed by atoms with van der Waals surface area (Å²) in [6.45, 7) is 2.02. The molecule has 3 nitrogen and oxygen atoms in total. The van der Waals surface area contributed by atoms with Crippen LogP contribution in [0.15, 0.2) is 0 Å².